The Balaban J connectivity index is 1.95. The van der Waals surface area contributed by atoms with Crippen LogP contribution in [0.3, 0.4) is 0 Å². The average Bonchev–Trinajstić information content (AvgIpc) is 3.21. The van der Waals surface area contributed by atoms with Gasteiger partial charge < -0.3 is 19.3 Å². The summed E-state index contributed by atoms with van der Waals surface area (Å²) in [6.07, 6.45) is 0. The Morgan fingerprint density at radius 3 is 2.02 bits per heavy atom. The number of amides is 1. The van der Waals surface area contributed by atoms with Gasteiger partial charge in [0.2, 0.25) is 0 Å². The Morgan fingerprint density at radius 1 is 0.900 bits per heavy atom. The van der Waals surface area contributed by atoms with Crippen molar-refractivity contribution in [2.24, 2.45) is 0 Å². The number of esters is 1. The number of hydrogen-bond acceptors (Lipinski definition) is 7. The number of halogens is 1. The van der Waals surface area contributed by atoms with Crippen molar-refractivity contribution in [2.45, 2.75) is 32.2 Å². The lowest BCUT2D eigenvalue weighted by Crippen LogP contribution is -2.29. The smallest absolute Gasteiger partial charge is 0.337 e. The standard InChI is InChI=1S/C31H30ClNO7/c1-31(2,3)19-11-7-17(8-12-19)26-25(27(34)21-15-22(32)24(39-5)16-23(21)38-4)28(35)29(36)33(26)20-13-9-18(10-14-20)30(37)40-6/h7-16,26,34H,1-6H3/b27-25+. The van der Waals surface area contributed by atoms with Crippen LogP contribution in [0.15, 0.2) is 66.2 Å². The van der Waals surface area contributed by atoms with Gasteiger partial charge in [0.1, 0.15) is 17.3 Å². The lowest BCUT2D eigenvalue weighted by molar-refractivity contribution is -0.132. The molecule has 1 amide bonds. The van der Waals surface area contributed by atoms with E-state index in [4.69, 9.17) is 25.8 Å². The van der Waals surface area contributed by atoms with Crippen molar-refractivity contribution in [1.29, 1.82) is 0 Å². The van der Waals surface area contributed by atoms with Gasteiger partial charge in [-0.15, -0.1) is 0 Å². The molecule has 0 saturated carbocycles. The summed E-state index contributed by atoms with van der Waals surface area (Å²) in [6.45, 7) is 6.24. The first kappa shape index (κ1) is 28.7. The van der Waals surface area contributed by atoms with Crippen molar-refractivity contribution in [3.63, 3.8) is 0 Å². The predicted octanol–water partition coefficient (Wildman–Crippen LogP) is 6.07. The van der Waals surface area contributed by atoms with Gasteiger partial charge in [-0.3, -0.25) is 14.5 Å². The average molecular weight is 564 g/mol. The van der Waals surface area contributed by atoms with Gasteiger partial charge >= 0.3 is 5.97 Å². The summed E-state index contributed by atoms with van der Waals surface area (Å²) in [7, 11) is 4.12. The molecule has 40 heavy (non-hydrogen) atoms. The van der Waals surface area contributed by atoms with E-state index in [1.165, 1.54) is 50.5 Å². The van der Waals surface area contributed by atoms with Crippen molar-refractivity contribution < 1.29 is 33.7 Å². The number of benzene rings is 3. The number of ketones is 1. The molecule has 0 radical (unpaired) electrons. The van der Waals surface area contributed by atoms with Crippen LogP contribution in [0.1, 0.15) is 53.9 Å². The third kappa shape index (κ3) is 5.14. The highest BCUT2D eigenvalue weighted by molar-refractivity contribution is 6.51. The third-order valence-electron chi connectivity index (χ3n) is 6.83. The van der Waals surface area contributed by atoms with Crippen LogP contribution in [0, 0.1) is 0 Å². The van der Waals surface area contributed by atoms with Gasteiger partial charge in [0.05, 0.1) is 49.1 Å². The van der Waals surface area contributed by atoms with Crippen molar-refractivity contribution >= 4 is 40.7 Å². The van der Waals surface area contributed by atoms with Crippen molar-refractivity contribution in [1.82, 2.24) is 0 Å². The zero-order chi connectivity index (χ0) is 29.4. The molecule has 1 aliphatic heterocycles. The van der Waals surface area contributed by atoms with Crippen LogP contribution < -0.4 is 14.4 Å². The number of methoxy groups -OCH3 is 3. The van der Waals surface area contributed by atoms with Crippen LogP contribution in [-0.4, -0.2) is 44.1 Å². The number of anilines is 1. The summed E-state index contributed by atoms with van der Waals surface area (Å²) < 4.78 is 15.5. The minimum absolute atomic E-state index is 0.128. The normalized spacial score (nSPS) is 16.7. The van der Waals surface area contributed by atoms with Crippen LogP contribution in [0.25, 0.3) is 5.76 Å². The molecule has 4 rings (SSSR count). The van der Waals surface area contributed by atoms with Crippen LogP contribution in [0.5, 0.6) is 11.5 Å². The molecule has 3 aromatic rings. The lowest BCUT2D eigenvalue weighted by Gasteiger charge is -2.27. The van der Waals surface area contributed by atoms with E-state index in [0.29, 0.717) is 17.0 Å². The van der Waals surface area contributed by atoms with E-state index in [1.807, 2.05) is 24.3 Å². The Bertz CT molecular complexity index is 1500. The fraction of sp³-hybridized carbons (Fsp3) is 0.258. The van der Waals surface area contributed by atoms with E-state index in [2.05, 4.69) is 20.8 Å². The predicted molar refractivity (Wildman–Crippen MR) is 152 cm³/mol. The molecule has 1 saturated heterocycles. The maximum absolute atomic E-state index is 13.6. The number of aliphatic hydroxyl groups is 1. The van der Waals surface area contributed by atoms with Crippen LogP contribution >= 0.6 is 11.6 Å². The van der Waals surface area contributed by atoms with Gasteiger partial charge in [-0.2, -0.15) is 0 Å². The summed E-state index contributed by atoms with van der Waals surface area (Å²) in [5.41, 5.74) is 2.17. The number of nitrogens with zero attached hydrogens (tertiary/aromatic N) is 1. The van der Waals surface area contributed by atoms with Crippen molar-refractivity contribution in [3.05, 3.63) is 93.5 Å². The van der Waals surface area contributed by atoms with Crippen molar-refractivity contribution in [3.8, 4) is 11.5 Å². The Hall–Kier alpha value is -4.30. The van der Waals surface area contributed by atoms with Crippen molar-refractivity contribution in [2.75, 3.05) is 26.2 Å². The molecule has 0 aliphatic carbocycles. The fourth-order valence-electron chi connectivity index (χ4n) is 4.65. The maximum atomic E-state index is 13.6. The molecular weight excluding hydrogens is 534 g/mol. The second kappa shape index (κ2) is 11.1. The minimum Gasteiger partial charge on any atom is -0.507 e. The molecule has 3 aromatic carbocycles. The number of Topliss-reactive ketones (excluding diaryl/α,β-unsaturated/α-hetero) is 1. The van der Waals surface area contributed by atoms with E-state index >= 15 is 0 Å². The summed E-state index contributed by atoms with van der Waals surface area (Å²) in [6, 6.07) is 15.6. The molecule has 8 nitrogen and oxygen atoms in total. The van der Waals surface area contributed by atoms with E-state index < -0.39 is 29.5 Å². The zero-order valence-corrected chi connectivity index (χ0v) is 23.8. The van der Waals surface area contributed by atoms with Crippen LogP contribution in [0.4, 0.5) is 5.69 Å². The molecule has 1 heterocycles. The highest BCUT2D eigenvalue weighted by Gasteiger charge is 2.47. The highest BCUT2D eigenvalue weighted by Crippen LogP contribution is 2.45. The number of ether oxygens (including phenoxy) is 3. The fourth-order valence-corrected chi connectivity index (χ4v) is 4.89. The van der Waals surface area contributed by atoms with E-state index in [0.717, 1.165) is 5.56 Å². The largest absolute Gasteiger partial charge is 0.507 e. The number of carbonyl (C=O) groups excluding carboxylic acids is 3. The molecule has 1 unspecified atom stereocenters. The van der Waals surface area contributed by atoms with E-state index in [-0.39, 0.29) is 32.9 Å². The molecule has 0 bridgehead atoms. The monoisotopic (exact) mass is 563 g/mol. The quantitative estimate of drug-likeness (QED) is 0.168. The Morgan fingerprint density at radius 2 is 1.50 bits per heavy atom. The van der Waals surface area contributed by atoms with Gasteiger partial charge in [-0.25, -0.2) is 4.79 Å². The first-order valence-corrected chi connectivity index (χ1v) is 12.8. The topological polar surface area (TPSA) is 102 Å². The summed E-state index contributed by atoms with van der Waals surface area (Å²) in [5, 5.41) is 11.8. The number of rotatable bonds is 6. The van der Waals surface area contributed by atoms with Crippen LogP contribution in [0.2, 0.25) is 5.02 Å². The second-order valence-electron chi connectivity index (χ2n) is 10.3. The number of aliphatic hydroxyl groups excluding tert-OH is 1. The second-order valence-corrected chi connectivity index (χ2v) is 10.7. The Kier molecular flexibility index (Phi) is 7.93. The molecule has 1 fully saturated rings. The SMILES string of the molecule is COC(=O)c1ccc(N2C(=O)C(=O)/C(=C(/O)c3cc(Cl)c(OC)cc3OC)C2c2ccc(C(C)(C)C)cc2)cc1. The van der Waals surface area contributed by atoms with Gasteiger partial charge in [0.25, 0.3) is 11.7 Å². The zero-order valence-electron chi connectivity index (χ0n) is 23.1. The Labute approximate surface area is 237 Å². The first-order valence-electron chi connectivity index (χ1n) is 12.4. The summed E-state index contributed by atoms with van der Waals surface area (Å²) in [5.74, 6) is -2.18. The molecule has 0 aromatic heterocycles. The molecular formula is C31H30ClNO7. The number of hydrogen-bond donors (Lipinski definition) is 1. The molecule has 1 aliphatic rings. The molecule has 1 atom stereocenters. The lowest BCUT2D eigenvalue weighted by atomic mass is 9.85. The minimum atomic E-state index is -0.983. The number of carbonyl (C=O) groups is 3. The summed E-state index contributed by atoms with van der Waals surface area (Å²) in [4.78, 5) is 40.4. The first-order chi connectivity index (χ1) is 18.9. The molecule has 1 N–H and O–H groups in total. The highest BCUT2D eigenvalue weighted by atomic mass is 35.5. The third-order valence-corrected chi connectivity index (χ3v) is 7.13. The maximum Gasteiger partial charge on any atom is 0.337 e. The van der Waals surface area contributed by atoms with Gasteiger partial charge in [0.15, 0.2) is 0 Å². The van der Waals surface area contributed by atoms with Crippen LogP contribution in [-0.2, 0) is 19.7 Å². The van der Waals surface area contributed by atoms with E-state index in [9.17, 15) is 19.5 Å². The molecule has 0 spiro atoms. The van der Waals surface area contributed by atoms with Gasteiger partial charge in [0, 0.05) is 11.8 Å². The van der Waals surface area contributed by atoms with E-state index in [1.54, 1.807) is 12.1 Å². The molecule has 9 heteroatoms. The van der Waals surface area contributed by atoms with Gasteiger partial charge in [-0.05, 0) is 46.9 Å². The summed E-state index contributed by atoms with van der Waals surface area (Å²) >= 11 is 6.35. The van der Waals surface area contributed by atoms with Gasteiger partial charge in [-0.1, -0.05) is 56.6 Å². The molecule has 208 valence electrons.